The van der Waals surface area contributed by atoms with Gasteiger partial charge < -0.3 is 5.11 Å². The molecular weight excluding hydrogens is 426 g/mol. The Hall–Kier alpha value is -2.45. The van der Waals surface area contributed by atoms with E-state index in [1.165, 1.54) is 5.01 Å². The minimum absolute atomic E-state index is 0.151. The molecule has 0 saturated carbocycles. The number of carboxylic acid groups (broad SMARTS) is 1. The lowest BCUT2D eigenvalue weighted by atomic mass is 9.96. The van der Waals surface area contributed by atoms with Crippen molar-refractivity contribution in [2.45, 2.75) is 43.0 Å². The molecule has 0 amide bonds. The van der Waals surface area contributed by atoms with E-state index < -0.39 is 23.0 Å². The number of para-hydroxylation sites is 1. The zero-order chi connectivity index (χ0) is 21.7. The summed E-state index contributed by atoms with van der Waals surface area (Å²) in [5, 5.41) is 14.0. The zero-order valence-electron chi connectivity index (χ0n) is 16.7. The number of hydrogen-bond acceptors (Lipinski definition) is 4. The molecule has 7 nitrogen and oxygen atoms in total. The Balaban J connectivity index is 1.91. The van der Waals surface area contributed by atoms with Crippen molar-refractivity contribution < 1.29 is 14.1 Å². The second-order valence-electron chi connectivity index (χ2n) is 7.19. The Morgan fingerprint density at radius 2 is 1.90 bits per heavy atom. The highest BCUT2D eigenvalue weighted by molar-refractivity contribution is 7.86. The van der Waals surface area contributed by atoms with E-state index in [0.29, 0.717) is 29.3 Å². The molecule has 160 valence electrons. The van der Waals surface area contributed by atoms with Gasteiger partial charge in [-0.1, -0.05) is 48.7 Å². The van der Waals surface area contributed by atoms with Crippen LogP contribution in [0.4, 0.5) is 5.69 Å². The highest BCUT2D eigenvalue weighted by Gasteiger charge is 2.34. The number of rotatable bonds is 9. The SMILES string of the molecule is CN1c2ccccc2[C@@H](N(CCCCCCC(=O)O)N=O)c2ccc(Cl)cc2S1=O. The number of benzene rings is 2. The van der Waals surface area contributed by atoms with Crippen molar-refractivity contribution in [3.63, 3.8) is 0 Å². The van der Waals surface area contributed by atoms with Gasteiger partial charge >= 0.3 is 5.97 Å². The maximum absolute atomic E-state index is 13.2. The van der Waals surface area contributed by atoms with Gasteiger partial charge in [-0.05, 0) is 36.6 Å². The lowest BCUT2D eigenvalue weighted by Crippen LogP contribution is -2.26. The molecule has 0 aliphatic carbocycles. The van der Waals surface area contributed by atoms with Crippen LogP contribution in [0.15, 0.2) is 52.6 Å². The minimum Gasteiger partial charge on any atom is -0.481 e. The Labute approximate surface area is 183 Å². The molecule has 0 radical (unpaired) electrons. The summed E-state index contributed by atoms with van der Waals surface area (Å²) < 4.78 is 14.9. The summed E-state index contributed by atoms with van der Waals surface area (Å²) in [6.07, 6.45) is 3.04. The van der Waals surface area contributed by atoms with Gasteiger partial charge in [0.15, 0.2) is 11.0 Å². The fourth-order valence-corrected chi connectivity index (χ4v) is 5.22. The fraction of sp³-hybridized carbons (Fsp3) is 0.381. The molecule has 0 saturated heterocycles. The largest absolute Gasteiger partial charge is 0.481 e. The lowest BCUT2D eigenvalue weighted by Gasteiger charge is -2.28. The first-order valence-corrected chi connectivity index (χ1v) is 11.3. The summed E-state index contributed by atoms with van der Waals surface area (Å²) in [4.78, 5) is 23.0. The third kappa shape index (κ3) is 4.82. The monoisotopic (exact) mass is 449 g/mol. The van der Waals surface area contributed by atoms with E-state index in [1.54, 1.807) is 29.6 Å². The van der Waals surface area contributed by atoms with E-state index in [-0.39, 0.29) is 6.42 Å². The van der Waals surface area contributed by atoms with Gasteiger partial charge in [0.25, 0.3) is 0 Å². The van der Waals surface area contributed by atoms with Crippen LogP contribution in [0.2, 0.25) is 5.02 Å². The van der Waals surface area contributed by atoms with Gasteiger partial charge in [-0.15, -0.1) is 4.91 Å². The Morgan fingerprint density at radius 3 is 2.63 bits per heavy atom. The van der Waals surface area contributed by atoms with Crippen LogP contribution in [-0.2, 0) is 15.8 Å². The summed E-state index contributed by atoms with van der Waals surface area (Å²) in [6.45, 7) is 0.411. The molecule has 1 unspecified atom stereocenters. The molecule has 1 N–H and O–H groups in total. The van der Waals surface area contributed by atoms with E-state index in [9.17, 15) is 13.9 Å². The molecule has 1 aliphatic heterocycles. The third-order valence-corrected chi connectivity index (χ3v) is 6.87. The second kappa shape index (κ2) is 10.0. The molecule has 0 aromatic heterocycles. The Bertz CT molecular complexity index is 956. The van der Waals surface area contributed by atoms with Gasteiger partial charge in [-0.2, -0.15) is 0 Å². The topological polar surface area (TPSA) is 90.3 Å². The van der Waals surface area contributed by atoms with Crippen molar-refractivity contribution in [1.29, 1.82) is 0 Å². The first-order chi connectivity index (χ1) is 14.4. The standard InChI is InChI=1S/C21H24ClN3O4S/c1-24-18-9-6-5-8-16(18)21(17-12-11-15(22)14-19(17)30(24)29)25(23-28)13-7-3-2-4-10-20(26)27/h5-6,8-9,11-12,14,21H,2-4,7,10,13H2,1H3,(H,26,27)/t21-,30?/m1/s1. The van der Waals surface area contributed by atoms with E-state index in [4.69, 9.17) is 16.7 Å². The average molecular weight is 450 g/mol. The number of hydrogen-bond donors (Lipinski definition) is 1. The molecule has 2 aromatic carbocycles. The molecular formula is C21H24ClN3O4S. The van der Waals surface area contributed by atoms with Crippen LogP contribution in [0.25, 0.3) is 0 Å². The van der Waals surface area contributed by atoms with Crippen molar-refractivity contribution in [3.8, 4) is 0 Å². The molecule has 1 heterocycles. The first-order valence-electron chi connectivity index (χ1n) is 9.79. The molecule has 2 aromatic rings. The van der Waals surface area contributed by atoms with Crippen LogP contribution in [0.3, 0.4) is 0 Å². The molecule has 30 heavy (non-hydrogen) atoms. The van der Waals surface area contributed by atoms with Crippen LogP contribution >= 0.6 is 11.6 Å². The Kier molecular flexibility index (Phi) is 7.44. The van der Waals surface area contributed by atoms with E-state index >= 15 is 0 Å². The normalized spacial score (nSPS) is 17.6. The number of carbonyl (C=O) groups is 1. The Morgan fingerprint density at radius 1 is 1.17 bits per heavy atom. The molecule has 2 atom stereocenters. The predicted octanol–water partition coefficient (Wildman–Crippen LogP) is 4.92. The number of aliphatic carboxylic acids is 1. The summed E-state index contributed by atoms with van der Waals surface area (Å²) in [5.74, 6) is -0.798. The lowest BCUT2D eigenvalue weighted by molar-refractivity contribution is -0.137. The molecule has 0 bridgehead atoms. The number of nitrogens with zero attached hydrogens (tertiary/aromatic N) is 3. The van der Waals surface area contributed by atoms with Crippen molar-refractivity contribution in [3.05, 3.63) is 63.5 Å². The van der Waals surface area contributed by atoms with Gasteiger partial charge in [-0.3, -0.25) is 9.10 Å². The highest BCUT2D eigenvalue weighted by Crippen LogP contribution is 2.42. The van der Waals surface area contributed by atoms with Crippen LogP contribution < -0.4 is 4.31 Å². The van der Waals surface area contributed by atoms with Gasteiger partial charge in [0, 0.05) is 30.6 Å². The summed E-state index contributed by atoms with van der Waals surface area (Å²) in [7, 11) is 0.273. The van der Waals surface area contributed by atoms with Gasteiger partial charge in [0.05, 0.1) is 15.9 Å². The number of fused-ring (bicyclic) bond motifs is 2. The maximum atomic E-state index is 13.2. The third-order valence-electron chi connectivity index (χ3n) is 5.21. The minimum atomic E-state index is -1.48. The van der Waals surface area contributed by atoms with Gasteiger partial charge in [-0.25, -0.2) is 9.22 Å². The van der Waals surface area contributed by atoms with Gasteiger partial charge in [0.2, 0.25) is 0 Å². The molecule has 1 aliphatic rings. The molecule has 0 fully saturated rings. The van der Waals surface area contributed by atoms with Crippen LogP contribution in [0.1, 0.15) is 49.3 Å². The smallest absolute Gasteiger partial charge is 0.303 e. The van der Waals surface area contributed by atoms with Crippen molar-refractivity contribution in [2.75, 3.05) is 17.9 Å². The average Bonchev–Trinajstić information content (AvgIpc) is 2.82. The summed E-state index contributed by atoms with van der Waals surface area (Å²) in [5.41, 5.74) is 2.35. The van der Waals surface area contributed by atoms with Crippen molar-refractivity contribution >= 4 is 34.2 Å². The zero-order valence-corrected chi connectivity index (χ0v) is 18.2. The number of carboxylic acids is 1. The van der Waals surface area contributed by atoms with Gasteiger partial charge in [0.1, 0.15) is 6.04 Å². The quantitative estimate of drug-likeness (QED) is 0.333. The van der Waals surface area contributed by atoms with Crippen LogP contribution in [-0.4, -0.2) is 33.9 Å². The highest BCUT2D eigenvalue weighted by atomic mass is 35.5. The van der Waals surface area contributed by atoms with Crippen LogP contribution in [0, 0.1) is 4.91 Å². The summed E-state index contributed by atoms with van der Waals surface area (Å²) >= 11 is 6.18. The number of halogens is 1. The van der Waals surface area contributed by atoms with Crippen LogP contribution in [0.5, 0.6) is 0 Å². The first kappa shape index (κ1) is 22.2. The second-order valence-corrected chi connectivity index (χ2v) is 9.12. The van der Waals surface area contributed by atoms with E-state index in [2.05, 4.69) is 5.29 Å². The predicted molar refractivity (Wildman–Crippen MR) is 118 cm³/mol. The maximum Gasteiger partial charge on any atom is 0.303 e. The van der Waals surface area contributed by atoms with Crippen molar-refractivity contribution in [2.24, 2.45) is 5.29 Å². The van der Waals surface area contributed by atoms with E-state index in [1.807, 2.05) is 24.3 Å². The number of anilines is 1. The molecule has 0 spiro atoms. The number of nitroso groups, excluding NO2 is 1. The molecule has 9 heteroatoms. The number of unbranched alkanes of at least 4 members (excludes halogenated alkanes) is 3. The van der Waals surface area contributed by atoms with E-state index in [0.717, 1.165) is 29.7 Å². The summed E-state index contributed by atoms with van der Waals surface area (Å²) in [6, 6.07) is 12.3. The van der Waals surface area contributed by atoms with Crippen molar-refractivity contribution in [1.82, 2.24) is 5.01 Å². The molecule has 3 rings (SSSR count). The fourth-order valence-electron chi connectivity index (χ4n) is 3.74.